The van der Waals surface area contributed by atoms with Gasteiger partial charge in [0.15, 0.2) is 5.76 Å². The molecule has 0 unspecified atom stereocenters. The molecule has 3 aromatic rings. The van der Waals surface area contributed by atoms with Crippen LogP contribution < -0.4 is 5.32 Å². The molecule has 0 saturated carbocycles. The lowest BCUT2D eigenvalue weighted by atomic mass is 10.1. The molecule has 1 N–H and O–H groups in total. The maximum Gasteiger partial charge on any atom is 0.291 e. The van der Waals surface area contributed by atoms with Gasteiger partial charge in [-0.1, -0.05) is 42.8 Å². The first kappa shape index (κ1) is 21.8. The summed E-state index contributed by atoms with van der Waals surface area (Å²) in [5.74, 6) is 0.157. The number of furan rings is 1. The van der Waals surface area contributed by atoms with E-state index < -0.39 is 10.0 Å². The molecule has 1 heterocycles. The Bertz CT molecular complexity index is 1150. The standard InChI is InChI=1S/C23H26N2O4S/c1-5-18-8-6-7-17(3)22(18)24-23(26)21-14-11-19(29-21)15-25(4)30(27,28)20-12-9-16(2)10-13-20/h6-14H,5,15H2,1-4H3,(H,24,26). The van der Waals surface area contributed by atoms with Crippen LogP contribution in [0.2, 0.25) is 0 Å². The van der Waals surface area contributed by atoms with E-state index in [1.54, 1.807) is 36.4 Å². The number of nitrogens with zero attached hydrogens (tertiary/aromatic N) is 1. The summed E-state index contributed by atoms with van der Waals surface area (Å²) in [5.41, 5.74) is 3.78. The van der Waals surface area contributed by atoms with E-state index in [4.69, 9.17) is 4.42 Å². The highest BCUT2D eigenvalue weighted by molar-refractivity contribution is 7.89. The molecule has 0 fully saturated rings. The number of nitrogens with one attached hydrogen (secondary N) is 1. The summed E-state index contributed by atoms with van der Waals surface area (Å²) < 4.78 is 32.3. The van der Waals surface area contributed by atoms with E-state index in [2.05, 4.69) is 5.32 Å². The van der Waals surface area contributed by atoms with Crippen LogP contribution in [0, 0.1) is 13.8 Å². The van der Waals surface area contributed by atoms with Crippen molar-refractivity contribution in [3.8, 4) is 0 Å². The van der Waals surface area contributed by atoms with E-state index in [0.29, 0.717) is 5.76 Å². The van der Waals surface area contributed by atoms with E-state index in [0.717, 1.165) is 28.8 Å². The summed E-state index contributed by atoms with van der Waals surface area (Å²) in [6, 6.07) is 15.7. The number of sulfonamides is 1. The molecule has 0 saturated heterocycles. The van der Waals surface area contributed by atoms with E-state index in [1.807, 2.05) is 39.0 Å². The number of rotatable bonds is 7. The zero-order chi connectivity index (χ0) is 21.9. The fourth-order valence-electron chi connectivity index (χ4n) is 3.16. The van der Waals surface area contributed by atoms with Crippen LogP contribution >= 0.6 is 0 Å². The van der Waals surface area contributed by atoms with Crippen LogP contribution in [0.3, 0.4) is 0 Å². The van der Waals surface area contributed by atoms with Crippen molar-refractivity contribution in [3.63, 3.8) is 0 Å². The van der Waals surface area contributed by atoms with E-state index in [1.165, 1.54) is 11.4 Å². The Morgan fingerprint density at radius 2 is 1.73 bits per heavy atom. The molecule has 158 valence electrons. The van der Waals surface area contributed by atoms with E-state index >= 15 is 0 Å². The average Bonchev–Trinajstić information content (AvgIpc) is 3.18. The zero-order valence-electron chi connectivity index (χ0n) is 17.6. The Balaban J connectivity index is 1.73. The minimum atomic E-state index is -3.66. The molecular formula is C23H26N2O4S. The predicted molar refractivity (Wildman–Crippen MR) is 117 cm³/mol. The molecule has 0 atom stereocenters. The Labute approximate surface area is 177 Å². The number of carbonyl (C=O) groups is 1. The highest BCUT2D eigenvalue weighted by Crippen LogP contribution is 2.23. The van der Waals surface area contributed by atoms with Crippen LogP contribution in [0.5, 0.6) is 0 Å². The van der Waals surface area contributed by atoms with Gasteiger partial charge in [-0.2, -0.15) is 4.31 Å². The number of hydrogen-bond donors (Lipinski definition) is 1. The van der Waals surface area contributed by atoms with Crippen LogP contribution in [0.1, 0.15) is 39.9 Å². The van der Waals surface area contributed by atoms with Crippen molar-refractivity contribution in [2.75, 3.05) is 12.4 Å². The molecular weight excluding hydrogens is 400 g/mol. The Morgan fingerprint density at radius 1 is 1.03 bits per heavy atom. The van der Waals surface area contributed by atoms with Gasteiger partial charge in [0.1, 0.15) is 5.76 Å². The molecule has 0 aliphatic heterocycles. The molecule has 0 aliphatic carbocycles. The summed E-state index contributed by atoms with van der Waals surface area (Å²) >= 11 is 0. The summed E-state index contributed by atoms with van der Waals surface area (Å²) in [7, 11) is -2.17. The zero-order valence-corrected chi connectivity index (χ0v) is 18.4. The lowest BCUT2D eigenvalue weighted by molar-refractivity contribution is 0.0994. The molecule has 0 spiro atoms. The monoisotopic (exact) mass is 426 g/mol. The van der Waals surface area contributed by atoms with Gasteiger partial charge in [-0.15, -0.1) is 0 Å². The van der Waals surface area contributed by atoms with Crippen LogP contribution in [-0.4, -0.2) is 25.7 Å². The fraction of sp³-hybridized carbons (Fsp3) is 0.261. The Kier molecular flexibility index (Phi) is 6.43. The molecule has 3 rings (SSSR count). The van der Waals surface area contributed by atoms with Gasteiger partial charge < -0.3 is 9.73 Å². The van der Waals surface area contributed by atoms with Gasteiger partial charge in [0.25, 0.3) is 5.91 Å². The van der Waals surface area contributed by atoms with Crippen LogP contribution in [0.15, 0.2) is 63.9 Å². The quantitative estimate of drug-likeness (QED) is 0.602. The third kappa shape index (κ3) is 4.63. The SMILES string of the molecule is CCc1cccc(C)c1NC(=O)c1ccc(CN(C)S(=O)(=O)c2ccc(C)cc2)o1. The minimum Gasteiger partial charge on any atom is -0.455 e. The first-order valence-electron chi connectivity index (χ1n) is 9.74. The summed E-state index contributed by atoms with van der Waals surface area (Å²) in [4.78, 5) is 12.9. The molecule has 6 nitrogen and oxygen atoms in total. The molecule has 0 aliphatic rings. The van der Waals surface area contributed by atoms with Crippen molar-refractivity contribution in [1.82, 2.24) is 4.31 Å². The van der Waals surface area contributed by atoms with Crippen molar-refractivity contribution in [2.24, 2.45) is 0 Å². The molecule has 0 bridgehead atoms. The van der Waals surface area contributed by atoms with Gasteiger partial charge in [-0.3, -0.25) is 4.79 Å². The van der Waals surface area contributed by atoms with Crippen LogP contribution in [-0.2, 0) is 23.0 Å². The molecule has 1 aromatic heterocycles. The topological polar surface area (TPSA) is 79.6 Å². The second-order valence-electron chi connectivity index (χ2n) is 7.26. The Morgan fingerprint density at radius 3 is 2.40 bits per heavy atom. The summed E-state index contributed by atoms with van der Waals surface area (Å²) in [6.45, 7) is 5.89. The summed E-state index contributed by atoms with van der Waals surface area (Å²) in [5, 5.41) is 2.91. The number of amides is 1. The van der Waals surface area contributed by atoms with Crippen LogP contribution in [0.25, 0.3) is 0 Å². The number of aryl methyl sites for hydroxylation is 3. The number of benzene rings is 2. The van der Waals surface area contributed by atoms with Gasteiger partial charge in [0, 0.05) is 12.7 Å². The molecule has 7 heteroatoms. The van der Waals surface area contributed by atoms with Gasteiger partial charge in [0.05, 0.1) is 11.4 Å². The van der Waals surface area contributed by atoms with Gasteiger partial charge >= 0.3 is 0 Å². The highest BCUT2D eigenvalue weighted by atomic mass is 32.2. The van der Waals surface area contributed by atoms with Crippen molar-refractivity contribution in [1.29, 1.82) is 0 Å². The smallest absolute Gasteiger partial charge is 0.291 e. The fourth-order valence-corrected chi connectivity index (χ4v) is 4.29. The molecule has 2 aromatic carbocycles. The lowest BCUT2D eigenvalue weighted by Crippen LogP contribution is -2.26. The van der Waals surface area contributed by atoms with Crippen molar-refractivity contribution < 1.29 is 17.6 Å². The number of hydrogen-bond acceptors (Lipinski definition) is 4. The number of carbonyl (C=O) groups excluding carboxylic acids is 1. The largest absolute Gasteiger partial charge is 0.455 e. The molecule has 1 amide bonds. The van der Waals surface area contributed by atoms with Gasteiger partial charge in [0.2, 0.25) is 10.0 Å². The van der Waals surface area contributed by atoms with Gasteiger partial charge in [-0.25, -0.2) is 8.42 Å². The Hall–Kier alpha value is -2.90. The minimum absolute atomic E-state index is 0.0219. The second kappa shape index (κ2) is 8.85. The summed E-state index contributed by atoms with van der Waals surface area (Å²) in [6.07, 6.45) is 0.794. The van der Waals surface area contributed by atoms with Crippen molar-refractivity contribution >= 4 is 21.6 Å². The average molecular weight is 427 g/mol. The molecule has 30 heavy (non-hydrogen) atoms. The van der Waals surface area contributed by atoms with Crippen LogP contribution in [0.4, 0.5) is 5.69 Å². The maximum absolute atomic E-state index is 12.7. The lowest BCUT2D eigenvalue weighted by Gasteiger charge is -2.16. The third-order valence-corrected chi connectivity index (χ3v) is 6.79. The van der Waals surface area contributed by atoms with E-state index in [-0.39, 0.29) is 23.1 Å². The van der Waals surface area contributed by atoms with Gasteiger partial charge in [-0.05, 0) is 55.7 Å². The highest BCUT2D eigenvalue weighted by Gasteiger charge is 2.22. The number of anilines is 1. The molecule has 0 radical (unpaired) electrons. The predicted octanol–water partition coefficient (Wildman–Crippen LogP) is 4.53. The van der Waals surface area contributed by atoms with Crippen molar-refractivity contribution in [3.05, 3.63) is 82.8 Å². The van der Waals surface area contributed by atoms with Crippen molar-refractivity contribution in [2.45, 2.75) is 38.6 Å². The first-order chi connectivity index (χ1) is 14.2. The maximum atomic E-state index is 12.7. The van der Waals surface area contributed by atoms with E-state index in [9.17, 15) is 13.2 Å². The third-order valence-electron chi connectivity index (χ3n) is 4.97. The first-order valence-corrected chi connectivity index (χ1v) is 11.2. The second-order valence-corrected chi connectivity index (χ2v) is 9.30. The number of para-hydroxylation sites is 1. The normalized spacial score (nSPS) is 11.6.